The molecule has 1 atom stereocenters. The number of thioether (sulfide) groups is 1. The maximum atomic E-state index is 12.9. The van der Waals surface area contributed by atoms with Gasteiger partial charge in [0.1, 0.15) is 5.69 Å². The SMILES string of the molecule is Cc1ccc(S(=O)(=O)N[C@@H](CCSc2nnc(-c3ccc[nH]3)o2)c2ccccc2)cc1. The van der Waals surface area contributed by atoms with Gasteiger partial charge in [-0.3, -0.25) is 0 Å². The van der Waals surface area contributed by atoms with Crippen LogP contribution in [0.5, 0.6) is 0 Å². The van der Waals surface area contributed by atoms with Crippen molar-refractivity contribution >= 4 is 21.8 Å². The normalized spacial score (nSPS) is 12.7. The quantitative estimate of drug-likeness (QED) is 0.359. The van der Waals surface area contributed by atoms with E-state index in [2.05, 4.69) is 19.9 Å². The molecule has 4 aromatic rings. The summed E-state index contributed by atoms with van der Waals surface area (Å²) in [4.78, 5) is 3.27. The van der Waals surface area contributed by atoms with E-state index in [0.29, 0.717) is 23.3 Å². The Hall–Kier alpha value is -2.88. The van der Waals surface area contributed by atoms with Crippen LogP contribution in [-0.4, -0.2) is 29.4 Å². The molecule has 0 unspecified atom stereocenters. The summed E-state index contributed by atoms with van der Waals surface area (Å²) in [5.41, 5.74) is 2.66. The van der Waals surface area contributed by atoms with Gasteiger partial charge in [-0.2, -0.15) is 0 Å². The van der Waals surface area contributed by atoms with Crippen LogP contribution < -0.4 is 4.72 Å². The first kappa shape index (κ1) is 21.4. The molecule has 0 fully saturated rings. The third-order valence-electron chi connectivity index (χ3n) is 4.70. The van der Waals surface area contributed by atoms with Crippen LogP contribution in [0.25, 0.3) is 11.6 Å². The fraction of sp³-hybridized carbons (Fsp3) is 0.182. The monoisotopic (exact) mass is 454 g/mol. The number of rotatable bonds is 9. The number of benzene rings is 2. The zero-order valence-electron chi connectivity index (χ0n) is 16.9. The third-order valence-corrected chi connectivity index (χ3v) is 7.04. The van der Waals surface area contributed by atoms with Gasteiger partial charge in [0.15, 0.2) is 0 Å². The molecule has 0 aliphatic rings. The highest BCUT2D eigenvalue weighted by Gasteiger charge is 2.22. The van der Waals surface area contributed by atoms with Gasteiger partial charge in [0.2, 0.25) is 10.0 Å². The number of aromatic nitrogens is 3. The predicted octanol–water partition coefficient (Wildman–Crippen LogP) is 4.58. The van der Waals surface area contributed by atoms with Gasteiger partial charge in [-0.15, -0.1) is 10.2 Å². The molecule has 0 amide bonds. The molecule has 4 rings (SSSR count). The van der Waals surface area contributed by atoms with E-state index in [1.165, 1.54) is 11.8 Å². The van der Waals surface area contributed by atoms with Gasteiger partial charge in [-0.05, 0) is 43.2 Å². The Bertz CT molecular complexity index is 1210. The molecule has 9 heteroatoms. The Kier molecular flexibility index (Phi) is 6.55. The summed E-state index contributed by atoms with van der Waals surface area (Å²) in [7, 11) is -3.66. The van der Waals surface area contributed by atoms with E-state index in [0.717, 1.165) is 16.8 Å². The van der Waals surface area contributed by atoms with Gasteiger partial charge < -0.3 is 9.40 Å². The number of hydrogen-bond acceptors (Lipinski definition) is 6. The minimum atomic E-state index is -3.66. The first-order valence-electron chi connectivity index (χ1n) is 9.75. The Labute approximate surface area is 185 Å². The number of hydrogen-bond donors (Lipinski definition) is 2. The van der Waals surface area contributed by atoms with Gasteiger partial charge >= 0.3 is 0 Å². The number of nitrogens with zero attached hydrogens (tertiary/aromatic N) is 2. The van der Waals surface area contributed by atoms with E-state index < -0.39 is 10.0 Å². The molecule has 0 aliphatic carbocycles. The molecule has 0 saturated heterocycles. The predicted molar refractivity (Wildman–Crippen MR) is 120 cm³/mol. The van der Waals surface area contributed by atoms with E-state index in [1.807, 2.05) is 49.4 Å². The second kappa shape index (κ2) is 9.51. The molecular weight excluding hydrogens is 432 g/mol. The number of aryl methyl sites for hydroxylation is 1. The van der Waals surface area contributed by atoms with Crippen LogP contribution in [0.3, 0.4) is 0 Å². The van der Waals surface area contributed by atoms with E-state index in [9.17, 15) is 8.42 Å². The Morgan fingerprint density at radius 3 is 2.52 bits per heavy atom. The van der Waals surface area contributed by atoms with Crippen LogP contribution in [0.15, 0.2) is 87.5 Å². The second-order valence-electron chi connectivity index (χ2n) is 6.99. The number of aromatic amines is 1. The Morgan fingerprint density at radius 2 is 1.81 bits per heavy atom. The molecule has 2 N–H and O–H groups in total. The molecule has 0 aliphatic heterocycles. The summed E-state index contributed by atoms with van der Waals surface area (Å²) in [6, 6.07) is 19.7. The van der Waals surface area contributed by atoms with Crippen molar-refractivity contribution in [2.24, 2.45) is 0 Å². The highest BCUT2D eigenvalue weighted by Crippen LogP contribution is 2.27. The molecule has 2 heterocycles. The van der Waals surface area contributed by atoms with Crippen LogP contribution in [0.2, 0.25) is 0 Å². The lowest BCUT2D eigenvalue weighted by Gasteiger charge is -2.19. The summed E-state index contributed by atoms with van der Waals surface area (Å²) >= 11 is 1.40. The molecule has 160 valence electrons. The average molecular weight is 455 g/mol. The standard InChI is InChI=1S/C22H22N4O3S2/c1-16-9-11-18(12-10-16)31(27,28)26-19(17-6-3-2-4-7-17)13-15-30-22-25-24-21(29-22)20-8-5-14-23-20/h2-12,14,19,23,26H,13,15H2,1H3/t19-/m0/s1. The van der Waals surface area contributed by atoms with Gasteiger partial charge in [-0.25, -0.2) is 13.1 Å². The average Bonchev–Trinajstić information content (AvgIpc) is 3.46. The van der Waals surface area contributed by atoms with E-state index in [-0.39, 0.29) is 10.9 Å². The van der Waals surface area contributed by atoms with Crippen molar-refractivity contribution in [1.29, 1.82) is 0 Å². The van der Waals surface area contributed by atoms with Crippen LogP contribution in [0, 0.1) is 6.92 Å². The van der Waals surface area contributed by atoms with Gasteiger partial charge in [-0.1, -0.05) is 59.8 Å². The van der Waals surface area contributed by atoms with Crippen molar-refractivity contribution in [2.75, 3.05) is 5.75 Å². The van der Waals surface area contributed by atoms with Gasteiger partial charge in [0.05, 0.1) is 4.90 Å². The van der Waals surface area contributed by atoms with Crippen molar-refractivity contribution < 1.29 is 12.8 Å². The molecule has 2 aromatic carbocycles. The minimum Gasteiger partial charge on any atom is -0.410 e. The molecule has 31 heavy (non-hydrogen) atoms. The fourth-order valence-corrected chi connectivity index (χ4v) is 5.08. The van der Waals surface area contributed by atoms with E-state index in [1.54, 1.807) is 30.5 Å². The van der Waals surface area contributed by atoms with E-state index in [4.69, 9.17) is 4.42 Å². The number of H-pyrrole nitrogens is 1. The topological polar surface area (TPSA) is 101 Å². The third kappa shape index (κ3) is 5.43. The summed E-state index contributed by atoms with van der Waals surface area (Å²) in [5.74, 6) is 1.02. The first-order chi connectivity index (χ1) is 15.0. The maximum absolute atomic E-state index is 12.9. The summed E-state index contributed by atoms with van der Waals surface area (Å²) in [6.45, 7) is 1.92. The molecule has 0 spiro atoms. The zero-order chi connectivity index (χ0) is 21.7. The fourth-order valence-electron chi connectivity index (χ4n) is 3.06. The summed E-state index contributed by atoms with van der Waals surface area (Å²) in [5, 5.41) is 8.54. The molecule has 2 aromatic heterocycles. The molecule has 0 saturated carbocycles. The van der Waals surface area contributed by atoms with Crippen molar-refractivity contribution in [3.63, 3.8) is 0 Å². The lowest BCUT2D eigenvalue weighted by molar-refractivity contribution is 0.464. The zero-order valence-corrected chi connectivity index (χ0v) is 18.5. The van der Waals surface area contributed by atoms with Crippen molar-refractivity contribution in [2.45, 2.75) is 29.5 Å². The second-order valence-corrected chi connectivity index (χ2v) is 9.75. The maximum Gasteiger partial charge on any atom is 0.276 e. The largest absolute Gasteiger partial charge is 0.410 e. The summed E-state index contributed by atoms with van der Waals surface area (Å²) < 4.78 is 34.4. The van der Waals surface area contributed by atoms with Gasteiger partial charge in [0, 0.05) is 18.0 Å². The van der Waals surface area contributed by atoms with Gasteiger partial charge in [0.25, 0.3) is 11.1 Å². The van der Waals surface area contributed by atoms with Crippen LogP contribution in [0.1, 0.15) is 23.6 Å². The highest BCUT2D eigenvalue weighted by molar-refractivity contribution is 7.99. The molecular formula is C22H22N4O3S2. The van der Waals surface area contributed by atoms with E-state index >= 15 is 0 Å². The number of nitrogens with one attached hydrogen (secondary N) is 2. The van der Waals surface area contributed by atoms with Crippen molar-refractivity contribution in [3.05, 3.63) is 84.1 Å². The first-order valence-corrected chi connectivity index (χ1v) is 12.2. The molecule has 7 nitrogen and oxygen atoms in total. The van der Waals surface area contributed by atoms with Crippen LogP contribution >= 0.6 is 11.8 Å². The Balaban J connectivity index is 1.45. The lowest BCUT2D eigenvalue weighted by atomic mass is 10.1. The molecule has 0 radical (unpaired) electrons. The minimum absolute atomic E-state index is 0.249. The van der Waals surface area contributed by atoms with Crippen molar-refractivity contribution in [3.8, 4) is 11.6 Å². The lowest BCUT2D eigenvalue weighted by Crippen LogP contribution is -2.29. The molecule has 0 bridgehead atoms. The van der Waals surface area contributed by atoms with Crippen LogP contribution in [-0.2, 0) is 10.0 Å². The van der Waals surface area contributed by atoms with Crippen molar-refractivity contribution in [1.82, 2.24) is 19.9 Å². The smallest absolute Gasteiger partial charge is 0.276 e. The highest BCUT2D eigenvalue weighted by atomic mass is 32.2. The summed E-state index contributed by atoms with van der Waals surface area (Å²) in [6.07, 6.45) is 2.34. The van der Waals surface area contributed by atoms with Crippen LogP contribution in [0.4, 0.5) is 0 Å². The number of sulfonamides is 1. The Morgan fingerprint density at radius 1 is 1.03 bits per heavy atom.